The van der Waals surface area contributed by atoms with E-state index in [4.69, 9.17) is 4.98 Å². The topological polar surface area (TPSA) is 48.5 Å². The first-order valence-electron chi connectivity index (χ1n) is 12.6. The van der Waals surface area contributed by atoms with Crippen LogP contribution in [0.4, 0.5) is 0 Å². The lowest BCUT2D eigenvalue weighted by molar-refractivity contribution is 1.04. The Hall–Kier alpha value is -5.29. The molecule has 0 spiro atoms. The Kier molecular flexibility index (Phi) is 4.45. The van der Waals surface area contributed by atoms with Crippen LogP contribution in [0.25, 0.3) is 66.4 Å². The van der Waals surface area contributed by atoms with Crippen molar-refractivity contribution in [2.75, 3.05) is 0 Å². The third-order valence-electron chi connectivity index (χ3n) is 7.26. The van der Waals surface area contributed by atoms with E-state index in [-0.39, 0.29) is 0 Å². The minimum Gasteiger partial charge on any atom is -0.317 e. The monoisotopic (exact) mass is 487 g/mol. The number of benzene rings is 4. The summed E-state index contributed by atoms with van der Waals surface area (Å²) in [6.45, 7) is 0. The van der Waals surface area contributed by atoms with Crippen LogP contribution >= 0.6 is 0 Å². The molecule has 4 aromatic heterocycles. The van der Waals surface area contributed by atoms with Crippen LogP contribution in [0.15, 0.2) is 128 Å². The van der Waals surface area contributed by atoms with Gasteiger partial charge in [0.2, 0.25) is 0 Å². The summed E-state index contributed by atoms with van der Waals surface area (Å²) in [5.74, 6) is 1.49. The van der Waals surface area contributed by atoms with E-state index >= 15 is 0 Å². The highest BCUT2D eigenvalue weighted by atomic mass is 15.1. The number of para-hydroxylation sites is 2. The minimum absolute atomic E-state index is 0.657. The second-order valence-corrected chi connectivity index (χ2v) is 9.48. The number of aromatic nitrogens is 5. The third-order valence-corrected chi connectivity index (χ3v) is 7.26. The van der Waals surface area contributed by atoms with Gasteiger partial charge in [-0.1, -0.05) is 36.4 Å². The van der Waals surface area contributed by atoms with Crippen LogP contribution in [0.5, 0.6) is 0 Å². The summed E-state index contributed by atoms with van der Waals surface area (Å²) in [4.78, 5) is 13.7. The van der Waals surface area contributed by atoms with Gasteiger partial charge in [-0.25, -0.2) is 9.97 Å². The number of hydrogen-bond acceptors (Lipinski definition) is 3. The number of rotatable bonds is 3. The molecule has 0 radical (unpaired) electrons. The smallest absolute Gasteiger partial charge is 0.163 e. The summed E-state index contributed by atoms with van der Waals surface area (Å²) in [5, 5.41) is 6.04. The molecule has 0 unspecified atom stereocenters. The molecule has 5 heteroatoms. The molecule has 0 bridgehead atoms. The van der Waals surface area contributed by atoms with Gasteiger partial charge in [0.1, 0.15) is 5.82 Å². The summed E-state index contributed by atoms with van der Waals surface area (Å²) in [5.41, 5.74) is 5.47. The Morgan fingerprint density at radius 2 is 1.42 bits per heavy atom. The fourth-order valence-corrected chi connectivity index (χ4v) is 5.52. The van der Waals surface area contributed by atoms with E-state index in [1.807, 2.05) is 30.5 Å². The predicted molar refractivity (Wildman–Crippen MR) is 154 cm³/mol. The molecule has 178 valence electrons. The van der Waals surface area contributed by atoms with Gasteiger partial charge in [-0.05, 0) is 77.5 Å². The Morgan fingerprint density at radius 3 is 2.32 bits per heavy atom. The van der Waals surface area contributed by atoms with E-state index in [1.54, 1.807) is 12.4 Å². The molecule has 0 saturated carbocycles. The quantitative estimate of drug-likeness (QED) is 0.256. The number of hydrogen-bond donors (Lipinski definition) is 0. The largest absolute Gasteiger partial charge is 0.317 e. The van der Waals surface area contributed by atoms with Crippen molar-refractivity contribution in [2.24, 2.45) is 0 Å². The Labute approximate surface area is 218 Å². The zero-order valence-corrected chi connectivity index (χ0v) is 20.4. The van der Waals surface area contributed by atoms with Crippen LogP contribution in [-0.2, 0) is 0 Å². The first kappa shape index (κ1) is 20.9. The van der Waals surface area contributed by atoms with E-state index in [2.05, 4.69) is 104 Å². The van der Waals surface area contributed by atoms with Gasteiger partial charge in [-0.2, -0.15) is 0 Å². The first-order valence-corrected chi connectivity index (χ1v) is 12.6. The second kappa shape index (κ2) is 8.11. The number of nitrogens with zero attached hydrogens (tertiary/aromatic N) is 5. The molecule has 0 fully saturated rings. The number of fused-ring (bicyclic) bond motifs is 5. The maximum atomic E-state index is 4.97. The molecule has 4 heterocycles. The molecule has 38 heavy (non-hydrogen) atoms. The van der Waals surface area contributed by atoms with Crippen molar-refractivity contribution in [1.29, 1.82) is 0 Å². The van der Waals surface area contributed by atoms with E-state index in [0.29, 0.717) is 5.82 Å². The molecule has 0 N–H and O–H groups in total. The summed E-state index contributed by atoms with van der Waals surface area (Å²) in [7, 11) is 0. The standard InChI is InChI=1S/C33H21N5/c1-2-8-26(9-3-1)37-16-13-22-17-24-18-28-27-10-4-5-11-29(27)38(31(28)20-25(24)19-30(22)37)32-12-15-35-33(36-32)23-7-6-14-34-21-23/h1-21H. The molecule has 0 amide bonds. The van der Waals surface area contributed by atoms with E-state index in [1.165, 1.54) is 32.4 Å². The van der Waals surface area contributed by atoms with Crippen molar-refractivity contribution in [2.45, 2.75) is 0 Å². The lowest BCUT2D eigenvalue weighted by Gasteiger charge is -2.10. The zero-order valence-electron chi connectivity index (χ0n) is 20.4. The summed E-state index contributed by atoms with van der Waals surface area (Å²) in [6, 6.07) is 36.2. The van der Waals surface area contributed by atoms with Crippen LogP contribution in [0, 0.1) is 0 Å². The van der Waals surface area contributed by atoms with Gasteiger partial charge in [-0.15, -0.1) is 0 Å². The molecule has 5 nitrogen and oxygen atoms in total. The zero-order chi connectivity index (χ0) is 25.1. The first-order chi connectivity index (χ1) is 18.8. The average molecular weight is 488 g/mol. The summed E-state index contributed by atoms with van der Waals surface area (Å²) in [6.07, 6.45) is 7.53. The molecule has 0 aliphatic heterocycles. The lowest BCUT2D eigenvalue weighted by Crippen LogP contribution is -2.00. The van der Waals surface area contributed by atoms with Crippen LogP contribution in [0.1, 0.15) is 0 Å². The maximum absolute atomic E-state index is 4.97. The highest BCUT2D eigenvalue weighted by Gasteiger charge is 2.16. The predicted octanol–water partition coefficient (Wildman–Crippen LogP) is 7.73. The van der Waals surface area contributed by atoms with E-state index in [9.17, 15) is 0 Å². The molecule has 0 atom stereocenters. The highest BCUT2D eigenvalue weighted by Crippen LogP contribution is 2.36. The van der Waals surface area contributed by atoms with E-state index < -0.39 is 0 Å². The fraction of sp³-hybridized carbons (Fsp3) is 0. The molecular formula is C33H21N5. The molecule has 0 saturated heterocycles. The molecule has 0 aliphatic rings. The normalized spacial score (nSPS) is 11.7. The van der Waals surface area contributed by atoms with Crippen LogP contribution in [0.3, 0.4) is 0 Å². The van der Waals surface area contributed by atoms with Crippen molar-refractivity contribution in [3.05, 3.63) is 128 Å². The number of pyridine rings is 1. The Balaban J connectivity index is 1.41. The molecular weight excluding hydrogens is 466 g/mol. The maximum Gasteiger partial charge on any atom is 0.163 e. The summed E-state index contributed by atoms with van der Waals surface area (Å²) < 4.78 is 4.49. The SMILES string of the molecule is c1ccc(-n2ccc3cc4cc5c6ccccc6n(-c6ccnc(-c7cccnc7)n6)c5cc4cc32)cc1. The van der Waals surface area contributed by atoms with Crippen molar-refractivity contribution in [3.63, 3.8) is 0 Å². The summed E-state index contributed by atoms with van der Waals surface area (Å²) >= 11 is 0. The Morgan fingerprint density at radius 1 is 0.579 bits per heavy atom. The fourth-order valence-electron chi connectivity index (χ4n) is 5.52. The lowest BCUT2D eigenvalue weighted by atomic mass is 10.0. The van der Waals surface area contributed by atoms with Gasteiger partial charge < -0.3 is 4.57 Å². The van der Waals surface area contributed by atoms with Gasteiger partial charge in [0.05, 0.1) is 16.6 Å². The Bertz CT molecular complexity index is 2120. The molecule has 4 aromatic carbocycles. The molecule has 8 aromatic rings. The van der Waals surface area contributed by atoms with Gasteiger partial charge in [0.15, 0.2) is 5.82 Å². The van der Waals surface area contributed by atoms with Gasteiger partial charge in [-0.3, -0.25) is 9.55 Å². The molecule has 8 rings (SSSR count). The van der Waals surface area contributed by atoms with Gasteiger partial charge in [0, 0.05) is 52.2 Å². The average Bonchev–Trinajstić information content (AvgIpc) is 3.54. The van der Waals surface area contributed by atoms with Crippen molar-refractivity contribution < 1.29 is 0 Å². The van der Waals surface area contributed by atoms with Crippen molar-refractivity contribution >= 4 is 43.5 Å². The minimum atomic E-state index is 0.657. The highest BCUT2D eigenvalue weighted by molar-refractivity contribution is 6.14. The third kappa shape index (κ3) is 3.15. The van der Waals surface area contributed by atoms with Gasteiger partial charge >= 0.3 is 0 Å². The molecule has 0 aliphatic carbocycles. The van der Waals surface area contributed by atoms with Crippen LogP contribution in [-0.4, -0.2) is 24.1 Å². The van der Waals surface area contributed by atoms with Gasteiger partial charge in [0.25, 0.3) is 0 Å². The second-order valence-electron chi connectivity index (χ2n) is 9.48. The van der Waals surface area contributed by atoms with Crippen LogP contribution < -0.4 is 0 Å². The van der Waals surface area contributed by atoms with Crippen LogP contribution in [0.2, 0.25) is 0 Å². The van der Waals surface area contributed by atoms with E-state index in [0.717, 1.165) is 28.1 Å². The van der Waals surface area contributed by atoms with Crippen molar-refractivity contribution in [1.82, 2.24) is 24.1 Å². The van der Waals surface area contributed by atoms with Crippen molar-refractivity contribution in [3.8, 4) is 22.9 Å².